The number of likely N-dealkylation sites (tertiary alicyclic amines) is 2. The average molecular weight is 394 g/mol. The van der Waals surface area contributed by atoms with Gasteiger partial charge in [-0.25, -0.2) is 8.78 Å². The predicted octanol–water partition coefficient (Wildman–Crippen LogP) is 3.32. The highest BCUT2D eigenvalue weighted by Crippen LogP contribution is 2.42. The van der Waals surface area contributed by atoms with E-state index in [0.717, 1.165) is 31.6 Å². The molecule has 0 saturated carbocycles. The third-order valence-electron chi connectivity index (χ3n) is 7.24. The molecule has 3 aliphatic heterocycles. The van der Waals surface area contributed by atoms with Crippen molar-refractivity contribution in [2.75, 3.05) is 32.8 Å². The third kappa shape index (κ3) is 3.97. The maximum Gasteiger partial charge on any atom is 0.129 e. The summed E-state index contributed by atoms with van der Waals surface area (Å²) in [6, 6.07) is 4.06. The zero-order chi connectivity index (χ0) is 19.9. The second-order valence-electron chi connectivity index (χ2n) is 9.32. The number of hydrogen-bond donors (Lipinski definition) is 1. The molecule has 6 heteroatoms. The standard InChI is InChI=1S/C22H33F2N3O/c1-15(2)27-10-7-22(14-27)5-8-26(9-6-22)17-12-20(25)21(28-13-17)18-11-16(23)3-4-19(18)24/h3-4,11,15,17,20-21H,5-10,12-14,25H2,1-2H3/t17-,20+,21-/m1/s1. The molecule has 3 heterocycles. The quantitative estimate of drug-likeness (QED) is 0.856. The summed E-state index contributed by atoms with van der Waals surface area (Å²) in [6.45, 7) is 9.69. The minimum absolute atomic E-state index is 0.239. The van der Waals surface area contributed by atoms with Gasteiger partial charge in [-0.2, -0.15) is 0 Å². The van der Waals surface area contributed by atoms with E-state index in [1.165, 1.54) is 38.4 Å². The number of ether oxygens (including phenoxy) is 1. The molecule has 0 aliphatic carbocycles. The van der Waals surface area contributed by atoms with E-state index < -0.39 is 17.7 Å². The Labute approximate surface area is 167 Å². The molecule has 0 amide bonds. The van der Waals surface area contributed by atoms with Crippen LogP contribution in [0.2, 0.25) is 0 Å². The molecule has 3 atom stereocenters. The van der Waals surface area contributed by atoms with Gasteiger partial charge >= 0.3 is 0 Å². The van der Waals surface area contributed by atoms with E-state index >= 15 is 0 Å². The minimum atomic E-state index is -0.572. The van der Waals surface area contributed by atoms with Gasteiger partial charge in [0.1, 0.15) is 17.7 Å². The fraction of sp³-hybridized carbons (Fsp3) is 0.727. The van der Waals surface area contributed by atoms with E-state index in [2.05, 4.69) is 23.6 Å². The van der Waals surface area contributed by atoms with Crippen molar-refractivity contribution in [1.29, 1.82) is 0 Å². The highest BCUT2D eigenvalue weighted by Gasteiger charge is 2.43. The monoisotopic (exact) mass is 393 g/mol. The Morgan fingerprint density at radius 3 is 2.50 bits per heavy atom. The second kappa shape index (κ2) is 7.98. The molecule has 3 saturated heterocycles. The molecule has 156 valence electrons. The number of nitrogens with two attached hydrogens (primary N) is 1. The van der Waals surface area contributed by atoms with E-state index in [4.69, 9.17) is 10.5 Å². The van der Waals surface area contributed by atoms with Crippen LogP contribution in [0.4, 0.5) is 8.78 Å². The van der Waals surface area contributed by atoms with Crippen LogP contribution in [0.5, 0.6) is 0 Å². The summed E-state index contributed by atoms with van der Waals surface area (Å²) >= 11 is 0. The second-order valence-corrected chi connectivity index (χ2v) is 9.32. The normalized spacial score (nSPS) is 31.7. The van der Waals surface area contributed by atoms with E-state index in [9.17, 15) is 8.78 Å². The predicted molar refractivity (Wildman–Crippen MR) is 106 cm³/mol. The lowest BCUT2D eigenvalue weighted by molar-refractivity contribution is -0.0630. The Bertz CT molecular complexity index is 690. The van der Waals surface area contributed by atoms with Crippen molar-refractivity contribution in [3.8, 4) is 0 Å². The van der Waals surface area contributed by atoms with Gasteiger partial charge in [-0.05, 0) is 82.8 Å². The Kier molecular flexibility index (Phi) is 5.76. The largest absolute Gasteiger partial charge is 0.370 e. The van der Waals surface area contributed by atoms with Crippen molar-refractivity contribution in [3.63, 3.8) is 0 Å². The van der Waals surface area contributed by atoms with Crippen LogP contribution in [0.3, 0.4) is 0 Å². The zero-order valence-corrected chi connectivity index (χ0v) is 17.0. The molecule has 3 aliphatic rings. The zero-order valence-electron chi connectivity index (χ0n) is 17.0. The molecule has 2 N–H and O–H groups in total. The summed E-state index contributed by atoms with van der Waals surface area (Å²) in [5, 5.41) is 0. The average Bonchev–Trinajstić information content (AvgIpc) is 3.08. The van der Waals surface area contributed by atoms with Gasteiger partial charge in [0.15, 0.2) is 0 Å². The van der Waals surface area contributed by atoms with Gasteiger partial charge < -0.3 is 15.4 Å². The molecule has 0 bridgehead atoms. The topological polar surface area (TPSA) is 41.7 Å². The molecule has 28 heavy (non-hydrogen) atoms. The number of piperidine rings is 1. The summed E-state index contributed by atoms with van der Waals surface area (Å²) in [7, 11) is 0. The molecule has 0 aromatic heterocycles. The maximum absolute atomic E-state index is 14.1. The molecule has 1 aromatic rings. The fourth-order valence-corrected chi connectivity index (χ4v) is 5.33. The minimum Gasteiger partial charge on any atom is -0.370 e. The van der Waals surface area contributed by atoms with E-state index in [1.807, 2.05) is 0 Å². The van der Waals surface area contributed by atoms with Crippen molar-refractivity contribution >= 4 is 0 Å². The van der Waals surface area contributed by atoms with Gasteiger partial charge in [0.05, 0.1) is 6.61 Å². The highest BCUT2D eigenvalue weighted by molar-refractivity contribution is 5.23. The van der Waals surface area contributed by atoms with Gasteiger partial charge in [-0.3, -0.25) is 4.90 Å². The molecule has 0 radical (unpaired) electrons. The lowest BCUT2D eigenvalue weighted by Gasteiger charge is -2.46. The first-order valence-electron chi connectivity index (χ1n) is 10.7. The molecular formula is C22H33F2N3O. The first kappa shape index (κ1) is 20.2. The van der Waals surface area contributed by atoms with Gasteiger partial charge in [0, 0.05) is 30.2 Å². The summed E-state index contributed by atoms with van der Waals surface area (Å²) in [5.74, 6) is -0.904. The molecule has 1 aromatic carbocycles. The smallest absolute Gasteiger partial charge is 0.129 e. The molecule has 3 fully saturated rings. The summed E-state index contributed by atoms with van der Waals surface area (Å²) < 4.78 is 33.6. The van der Waals surface area contributed by atoms with Crippen LogP contribution < -0.4 is 5.73 Å². The van der Waals surface area contributed by atoms with Crippen LogP contribution in [-0.4, -0.2) is 60.7 Å². The summed E-state index contributed by atoms with van der Waals surface area (Å²) in [4.78, 5) is 5.11. The van der Waals surface area contributed by atoms with E-state index in [1.54, 1.807) is 0 Å². The first-order chi connectivity index (χ1) is 13.4. The number of hydrogen-bond acceptors (Lipinski definition) is 4. The molecule has 1 spiro atoms. The van der Waals surface area contributed by atoms with Crippen LogP contribution in [0.15, 0.2) is 18.2 Å². The number of halogens is 2. The van der Waals surface area contributed by atoms with Crippen LogP contribution in [-0.2, 0) is 4.74 Å². The van der Waals surface area contributed by atoms with Gasteiger partial charge in [-0.1, -0.05) is 0 Å². The Morgan fingerprint density at radius 1 is 1.14 bits per heavy atom. The van der Waals surface area contributed by atoms with Crippen molar-refractivity contribution < 1.29 is 13.5 Å². The number of rotatable bonds is 3. The Balaban J connectivity index is 1.34. The lowest BCUT2D eigenvalue weighted by Crippen LogP contribution is -2.53. The van der Waals surface area contributed by atoms with Gasteiger partial charge in [0.25, 0.3) is 0 Å². The van der Waals surface area contributed by atoms with Crippen LogP contribution in [0.1, 0.15) is 51.2 Å². The Morgan fingerprint density at radius 2 is 1.86 bits per heavy atom. The van der Waals surface area contributed by atoms with Crippen molar-refractivity contribution in [3.05, 3.63) is 35.4 Å². The van der Waals surface area contributed by atoms with Crippen LogP contribution in [0, 0.1) is 17.0 Å². The molecular weight excluding hydrogens is 360 g/mol. The SMILES string of the molecule is CC(C)N1CCC2(CCN([C@H]3CO[C@H](c4cc(F)ccc4F)[C@@H](N)C3)CC2)C1. The lowest BCUT2D eigenvalue weighted by atomic mass is 9.77. The van der Waals surface area contributed by atoms with Crippen LogP contribution >= 0.6 is 0 Å². The van der Waals surface area contributed by atoms with Crippen molar-refractivity contribution in [2.24, 2.45) is 11.1 Å². The maximum atomic E-state index is 14.1. The number of nitrogens with zero attached hydrogens (tertiary/aromatic N) is 2. The molecule has 4 nitrogen and oxygen atoms in total. The van der Waals surface area contributed by atoms with Crippen molar-refractivity contribution in [2.45, 2.75) is 63.8 Å². The first-order valence-corrected chi connectivity index (χ1v) is 10.7. The van der Waals surface area contributed by atoms with Crippen molar-refractivity contribution in [1.82, 2.24) is 9.80 Å². The molecule has 0 unspecified atom stereocenters. The van der Waals surface area contributed by atoms with Gasteiger partial charge in [0.2, 0.25) is 0 Å². The number of benzene rings is 1. The highest BCUT2D eigenvalue weighted by atomic mass is 19.1. The van der Waals surface area contributed by atoms with E-state index in [0.29, 0.717) is 18.1 Å². The van der Waals surface area contributed by atoms with Crippen LogP contribution in [0.25, 0.3) is 0 Å². The van der Waals surface area contributed by atoms with E-state index in [-0.39, 0.29) is 17.6 Å². The molecule has 4 rings (SSSR count). The third-order valence-corrected chi connectivity index (χ3v) is 7.24. The summed E-state index contributed by atoms with van der Waals surface area (Å²) in [6.07, 6.45) is 3.94. The Hall–Kier alpha value is -1.08. The van der Waals surface area contributed by atoms with Gasteiger partial charge in [-0.15, -0.1) is 0 Å². The summed E-state index contributed by atoms with van der Waals surface area (Å²) in [5.41, 5.74) is 7.06. The fourth-order valence-electron chi connectivity index (χ4n) is 5.33.